The van der Waals surface area contributed by atoms with Crippen LogP contribution in [0.4, 0.5) is 0 Å². The highest BCUT2D eigenvalue weighted by Crippen LogP contribution is 2.30. The maximum Gasteiger partial charge on any atom is 0.0334 e. The van der Waals surface area contributed by atoms with Crippen LogP contribution in [0.15, 0.2) is 41.8 Å². The van der Waals surface area contributed by atoms with Gasteiger partial charge in [-0.3, -0.25) is 4.90 Å². The molecular formula is C16H20N2S. The summed E-state index contributed by atoms with van der Waals surface area (Å²) in [5, 5.41) is 2.16. The first-order chi connectivity index (χ1) is 9.35. The number of hydrogen-bond acceptors (Lipinski definition) is 3. The Bertz CT molecular complexity index is 517. The predicted molar refractivity (Wildman–Crippen MR) is 80.9 cm³/mol. The van der Waals surface area contributed by atoms with E-state index in [2.05, 4.69) is 46.7 Å². The number of benzene rings is 1. The summed E-state index contributed by atoms with van der Waals surface area (Å²) < 4.78 is 0. The fraction of sp³-hybridized carbons (Fsp3) is 0.375. The quantitative estimate of drug-likeness (QED) is 0.873. The number of nitrogens with zero attached hydrogens (tertiary/aromatic N) is 1. The van der Waals surface area contributed by atoms with Crippen molar-refractivity contribution in [3.05, 3.63) is 57.8 Å². The van der Waals surface area contributed by atoms with Gasteiger partial charge in [-0.2, -0.15) is 0 Å². The fourth-order valence-corrected chi connectivity index (χ4v) is 3.18. The van der Waals surface area contributed by atoms with E-state index in [9.17, 15) is 0 Å². The second kappa shape index (κ2) is 5.87. The molecule has 2 aromatic rings. The van der Waals surface area contributed by atoms with Gasteiger partial charge in [0.1, 0.15) is 0 Å². The van der Waals surface area contributed by atoms with Crippen LogP contribution in [0.3, 0.4) is 0 Å². The van der Waals surface area contributed by atoms with E-state index in [1.54, 1.807) is 0 Å². The average molecular weight is 272 g/mol. The third-order valence-corrected chi connectivity index (χ3v) is 4.48. The van der Waals surface area contributed by atoms with Gasteiger partial charge in [0.2, 0.25) is 0 Å². The summed E-state index contributed by atoms with van der Waals surface area (Å²) >= 11 is 1.85. The average Bonchev–Trinajstić information content (AvgIpc) is 3.17. The molecule has 1 fully saturated rings. The van der Waals surface area contributed by atoms with Gasteiger partial charge in [-0.15, -0.1) is 11.3 Å². The van der Waals surface area contributed by atoms with Crippen molar-refractivity contribution in [3.8, 4) is 0 Å². The summed E-state index contributed by atoms with van der Waals surface area (Å²) in [7, 11) is 0. The van der Waals surface area contributed by atoms with Gasteiger partial charge in [0, 0.05) is 30.6 Å². The second-order valence-corrected chi connectivity index (χ2v) is 6.27. The Morgan fingerprint density at radius 3 is 2.63 bits per heavy atom. The van der Waals surface area contributed by atoms with E-state index in [0.717, 1.165) is 19.1 Å². The van der Waals surface area contributed by atoms with Crippen molar-refractivity contribution in [2.45, 2.75) is 38.5 Å². The molecule has 1 aromatic heterocycles. The van der Waals surface area contributed by atoms with E-state index in [0.29, 0.717) is 6.54 Å². The van der Waals surface area contributed by atoms with Crippen molar-refractivity contribution >= 4 is 11.3 Å². The highest BCUT2D eigenvalue weighted by molar-refractivity contribution is 7.09. The van der Waals surface area contributed by atoms with Crippen molar-refractivity contribution in [2.75, 3.05) is 0 Å². The Hall–Kier alpha value is -1.16. The first-order valence-electron chi connectivity index (χ1n) is 6.89. The highest BCUT2D eigenvalue weighted by Gasteiger charge is 2.29. The van der Waals surface area contributed by atoms with Crippen LogP contribution >= 0.6 is 11.3 Å². The molecule has 1 saturated carbocycles. The molecule has 1 heterocycles. The third-order valence-electron chi connectivity index (χ3n) is 3.62. The van der Waals surface area contributed by atoms with E-state index < -0.39 is 0 Å². The Labute approximate surface area is 118 Å². The van der Waals surface area contributed by atoms with Gasteiger partial charge in [0.05, 0.1) is 0 Å². The lowest BCUT2D eigenvalue weighted by Gasteiger charge is -2.21. The molecule has 0 bridgehead atoms. The van der Waals surface area contributed by atoms with Gasteiger partial charge >= 0.3 is 0 Å². The SMILES string of the molecule is NCc1cccc(CN(Cc2cccs2)C2CC2)c1. The maximum absolute atomic E-state index is 5.72. The molecule has 2 N–H and O–H groups in total. The molecule has 0 saturated heterocycles. The van der Waals surface area contributed by atoms with Crippen LogP contribution in [0.1, 0.15) is 28.8 Å². The third kappa shape index (κ3) is 3.44. The number of rotatable bonds is 6. The van der Waals surface area contributed by atoms with Crippen LogP contribution in [0, 0.1) is 0 Å². The van der Waals surface area contributed by atoms with Crippen LogP contribution < -0.4 is 5.73 Å². The van der Waals surface area contributed by atoms with Crippen LogP contribution in [-0.2, 0) is 19.6 Å². The van der Waals surface area contributed by atoms with Gasteiger partial charge in [-0.25, -0.2) is 0 Å². The minimum absolute atomic E-state index is 0.627. The molecule has 0 atom stereocenters. The van der Waals surface area contributed by atoms with E-state index in [4.69, 9.17) is 5.73 Å². The first-order valence-corrected chi connectivity index (χ1v) is 7.77. The molecule has 1 aliphatic carbocycles. The molecular weight excluding hydrogens is 252 g/mol. The predicted octanol–water partition coefficient (Wildman–Crippen LogP) is 3.37. The second-order valence-electron chi connectivity index (χ2n) is 5.24. The molecule has 1 aromatic carbocycles. The zero-order chi connectivity index (χ0) is 13.1. The number of thiophene rings is 1. The van der Waals surface area contributed by atoms with Gasteiger partial charge in [-0.05, 0) is 35.4 Å². The summed E-state index contributed by atoms with van der Waals surface area (Å²) in [6, 6.07) is 13.8. The van der Waals surface area contributed by atoms with Crippen molar-refractivity contribution in [2.24, 2.45) is 5.73 Å². The Balaban J connectivity index is 1.70. The number of nitrogens with two attached hydrogens (primary N) is 1. The number of hydrogen-bond donors (Lipinski definition) is 1. The van der Waals surface area contributed by atoms with Gasteiger partial charge < -0.3 is 5.73 Å². The minimum atomic E-state index is 0.627. The van der Waals surface area contributed by atoms with E-state index in [-0.39, 0.29) is 0 Å². The highest BCUT2D eigenvalue weighted by atomic mass is 32.1. The summed E-state index contributed by atoms with van der Waals surface area (Å²) in [6.07, 6.45) is 2.70. The van der Waals surface area contributed by atoms with E-state index in [1.807, 2.05) is 11.3 Å². The minimum Gasteiger partial charge on any atom is -0.326 e. The van der Waals surface area contributed by atoms with Crippen LogP contribution in [0.2, 0.25) is 0 Å². The molecule has 0 unspecified atom stereocenters. The first kappa shape index (κ1) is 12.9. The fourth-order valence-electron chi connectivity index (χ4n) is 2.45. The standard InChI is InChI=1S/C16H20N2S/c17-10-13-3-1-4-14(9-13)11-18(15-6-7-15)12-16-5-2-8-19-16/h1-5,8-9,15H,6-7,10-12,17H2. The monoisotopic (exact) mass is 272 g/mol. The molecule has 2 nitrogen and oxygen atoms in total. The summed E-state index contributed by atoms with van der Waals surface area (Å²) in [5.41, 5.74) is 8.33. The lowest BCUT2D eigenvalue weighted by molar-refractivity contribution is 0.248. The smallest absolute Gasteiger partial charge is 0.0334 e. The summed E-state index contributed by atoms with van der Waals surface area (Å²) in [5.74, 6) is 0. The van der Waals surface area contributed by atoms with Crippen LogP contribution in [0.25, 0.3) is 0 Å². The zero-order valence-corrected chi connectivity index (χ0v) is 11.9. The molecule has 0 amide bonds. The van der Waals surface area contributed by atoms with Crippen molar-refractivity contribution in [3.63, 3.8) is 0 Å². The van der Waals surface area contributed by atoms with Crippen molar-refractivity contribution in [1.29, 1.82) is 0 Å². The molecule has 100 valence electrons. The molecule has 0 aliphatic heterocycles. The topological polar surface area (TPSA) is 29.3 Å². The summed E-state index contributed by atoms with van der Waals surface area (Å²) in [4.78, 5) is 4.06. The molecule has 19 heavy (non-hydrogen) atoms. The molecule has 0 radical (unpaired) electrons. The van der Waals surface area contributed by atoms with Gasteiger partial charge in [0.25, 0.3) is 0 Å². The normalized spacial score (nSPS) is 15.1. The van der Waals surface area contributed by atoms with Crippen molar-refractivity contribution < 1.29 is 0 Å². The zero-order valence-electron chi connectivity index (χ0n) is 11.1. The molecule has 3 rings (SSSR count). The summed E-state index contributed by atoms with van der Waals surface area (Å²) in [6.45, 7) is 2.74. The van der Waals surface area contributed by atoms with Gasteiger partial charge in [-0.1, -0.05) is 30.3 Å². The van der Waals surface area contributed by atoms with Crippen molar-refractivity contribution in [1.82, 2.24) is 4.90 Å². The Morgan fingerprint density at radius 2 is 1.95 bits per heavy atom. The van der Waals surface area contributed by atoms with Gasteiger partial charge in [0.15, 0.2) is 0 Å². The molecule has 1 aliphatic rings. The lowest BCUT2D eigenvalue weighted by Crippen LogP contribution is -2.24. The Morgan fingerprint density at radius 1 is 1.11 bits per heavy atom. The molecule has 3 heteroatoms. The maximum atomic E-state index is 5.72. The molecule has 0 spiro atoms. The lowest BCUT2D eigenvalue weighted by atomic mass is 10.1. The largest absolute Gasteiger partial charge is 0.326 e. The van der Waals surface area contributed by atoms with Crippen LogP contribution in [0.5, 0.6) is 0 Å². The Kier molecular flexibility index (Phi) is 3.97. The van der Waals surface area contributed by atoms with E-state index in [1.165, 1.54) is 28.8 Å². The van der Waals surface area contributed by atoms with Crippen LogP contribution in [-0.4, -0.2) is 10.9 Å². The van der Waals surface area contributed by atoms with E-state index >= 15 is 0 Å².